The molecule has 8 rings (SSSR count). The smallest absolute Gasteiger partial charge is 0.157 e. The van der Waals surface area contributed by atoms with Gasteiger partial charge < -0.3 is 4.90 Å². The van der Waals surface area contributed by atoms with E-state index in [1.165, 1.54) is 6.07 Å². The second-order valence-electron chi connectivity index (χ2n) is 10.7. The molecule has 0 amide bonds. The Morgan fingerprint density at radius 3 is 2.56 bits per heavy atom. The van der Waals surface area contributed by atoms with Crippen LogP contribution in [-0.2, 0) is 20.1 Å². The maximum absolute atomic E-state index is 14.1. The van der Waals surface area contributed by atoms with Gasteiger partial charge in [-0.3, -0.25) is 14.6 Å². The molecule has 9 nitrogen and oxygen atoms in total. The molecule has 0 saturated carbocycles. The van der Waals surface area contributed by atoms with Gasteiger partial charge in [0.25, 0.3) is 0 Å². The molecular weight excluding hydrogens is 517 g/mol. The van der Waals surface area contributed by atoms with Crippen molar-refractivity contribution in [2.75, 3.05) is 18.0 Å². The van der Waals surface area contributed by atoms with E-state index in [2.05, 4.69) is 60.8 Å². The molecular formula is C31H28FN9. The number of aliphatic imine (C=N–C) groups is 1. The van der Waals surface area contributed by atoms with Crippen LogP contribution in [0.3, 0.4) is 0 Å². The predicted octanol–water partition coefficient (Wildman–Crippen LogP) is 3.98. The zero-order valence-electron chi connectivity index (χ0n) is 22.7. The minimum Gasteiger partial charge on any atom is -0.353 e. The van der Waals surface area contributed by atoms with Crippen molar-refractivity contribution in [1.29, 1.82) is 0 Å². The minimum absolute atomic E-state index is 0.0598. The lowest BCUT2D eigenvalue weighted by Crippen LogP contribution is -2.68. The number of pyridine rings is 3. The van der Waals surface area contributed by atoms with Gasteiger partial charge in [0.2, 0.25) is 0 Å². The highest BCUT2D eigenvalue weighted by atomic mass is 19.1. The predicted molar refractivity (Wildman–Crippen MR) is 156 cm³/mol. The Bertz CT molecular complexity index is 1800. The molecule has 2 atom stereocenters. The lowest BCUT2D eigenvalue weighted by Gasteiger charge is -2.56. The quantitative estimate of drug-likeness (QED) is 0.228. The van der Waals surface area contributed by atoms with E-state index in [0.717, 1.165) is 64.2 Å². The van der Waals surface area contributed by atoms with Crippen molar-refractivity contribution >= 4 is 18.1 Å². The molecule has 8 heterocycles. The number of hydrogen-bond donors (Lipinski definition) is 0. The van der Waals surface area contributed by atoms with Gasteiger partial charge in [-0.2, -0.15) is 10.2 Å². The summed E-state index contributed by atoms with van der Waals surface area (Å²) < 4.78 is 17.8. The molecule has 0 aliphatic carbocycles. The minimum atomic E-state index is -0.436. The largest absolute Gasteiger partial charge is 0.353 e. The van der Waals surface area contributed by atoms with E-state index in [1.54, 1.807) is 10.9 Å². The van der Waals surface area contributed by atoms with Crippen LogP contribution in [0.15, 0.2) is 66.4 Å². The highest BCUT2D eigenvalue weighted by molar-refractivity contribution is 5.86. The molecule has 0 aromatic carbocycles. The summed E-state index contributed by atoms with van der Waals surface area (Å²) in [6.07, 6.45) is 17.8. The van der Waals surface area contributed by atoms with Crippen LogP contribution in [0, 0.1) is 18.2 Å². The first-order chi connectivity index (χ1) is 20.0. The van der Waals surface area contributed by atoms with Gasteiger partial charge in [-0.05, 0) is 48.9 Å². The SMILES string of the molecule is C#Cc1ncc(CN2C3CC2CN(c2ccc(-c4cc(-c5cnn(C)c5)cn5ncc(CN=C)c45)cn2)C3)cc1F. The molecule has 0 N–H and O–H groups in total. The molecule has 2 bridgehead atoms. The maximum atomic E-state index is 14.1. The van der Waals surface area contributed by atoms with Crippen LogP contribution >= 0.6 is 0 Å². The Morgan fingerprint density at radius 2 is 1.88 bits per heavy atom. The van der Waals surface area contributed by atoms with Gasteiger partial charge in [0, 0.05) is 91.4 Å². The van der Waals surface area contributed by atoms with Crippen molar-refractivity contribution in [3.63, 3.8) is 0 Å². The number of aryl methyl sites for hydroxylation is 1. The molecule has 5 aromatic heterocycles. The molecule has 41 heavy (non-hydrogen) atoms. The first kappa shape index (κ1) is 25.1. The van der Waals surface area contributed by atoms with Crippen LogP contribution in [0.1, 0.15) is 23.2 Å². The first-order valence-corrected chi connectivity index (χ1v) is 13.5. The topological polar surface area (TPSA) is 79.7 Å². The molecule has 0 spiro atoms. The number of aromatic nitrogens is 6. The number of anilines is 1. The average molecular weight is 546 g/mol. The number of fused-ring (bicyclic) bond motifs is 3. The number of piperidine rings is 1. The number of hydrogen-bond acceptors (Lipinski definition) is 7. The Labute approximate surface area is 237 Å². The van der Waals surface area contributed by atoms with E-state index >= 15 is 0 Å². The molecule has 5 aromatic rings. The van der Waals surface area contributed by atoms with E-state index in [0.29, 0.717) is 25.2 Å². The first-order valence-electron chi connectivity index (χ1n) is 13.5. The fourth-order valence-corrected chi connectivity index (χ4v) is 6.12. The summed E-state index contributed by atoms with van der Waals surface area (Å²) in [6, 6.07) is 8.67. The van der Waals surface area contributed by atoms with Crippen molar-refractivity contribution in [2.45, 2.75) is 31.6 Å². The fraction of sp³-hybridized carbons (Fsp3) is 0.258. The molecule has 2 unspecified atom stereocenters. The molecule has 0 radical (unpaired) electrons. The monoisotopic (exact) mass is 545 g/mol. The van der Waals surface area contributed by atoms with Crippen LogP contribution in [0.5, 0.6) is 0 Å². The van der Waals surface area contributed by atoms with Gasteiger partial charge in [0.15, 0.2) is 5.82 Å². The van der Waals surface area contributed by atoms with E-state index in [9.17, 15) is 4.39 Å². The normalized spacial score (nSPS) is 18.3. The van der Waals surface area contributed by atoms with Gasteiger partial charge in [-0.1, -0.05) is 0 Å². The van der Waals surface area contributed by atoms with Crippen molar-refractivity contribution in [1.82, 2.24) is 34.3 Å². The van der Waals surface area contributed by atoms with E-state index in [-0.39, 0.29) is 5.69 Å². The number of nitrogens with zero attached hydrogens (tertiary/aromatic N) is 9. The number of halogens is 1. The zero-order chi connectivity index (χ0) is 28.1. The summed E-state index contributed by atoms with van der Waals surface area (Å²) in [5, 5.41) is 8.94. The number of terminal acetylenes is 1. The van der Waals surface area contributed by atoms with E-state index in [1.807, 2.05) is 42.5 Å². The van der Waals surface area contributed by atoms with Crippen LogP contribution < -0.4 is 4.90 Å². The Hall–Kier alpha value is -4.88. The summed E-state index contributed by atoms with van der Waals surface area (Å²) in [5.41, 5.74) is 6.98. The molecule has 3 aliphatic heterocycles. The number of rotatable bonds is 7. The third-order valence-electron chi connectivity index (χ3n) is 8.13. The van der Waals surface area contributed by atoms with Gasteiger partial charge >= 0.3 is 0 Å². The molecule has 3 aliphatic rings. The van der Waals surface area contributed by atoms with Gasteiger partial charge in [-0.25, -0.2) is 18.9 Å². The van der Waals surface area contributed by atoms with Crippen molar-refractivity contribution in [2.24, 2.45) is 12.0 Å². The van der Waals surface area contributed by atoms with Crippen molar-refractivity contribution in [3.8, 4) is 34.6 Å². The number of piperazine rings is 1. The third-order valence-corrected chi connectivity index (χ3v) is 8.13. The Balaban J connectivity index is 1.13. The van der Waals surface area contributed by atoms with Crippen LogP contribution in [-0.4, -0.2) is 66.2 Å². The molecule has 3 fully saturated rings. The zero-order valence-corrected chi connectivity index (χ0v) is 22.7. The highest BCUT2D eigenvalue weighted by Gasteiger charge is 2.44. The summed E-state index contributed by atoms with van der Waals surface area (Å²) >= 11 is 0. The highest BCUT2D eigenvalue weighted by Crippen LogP contribution is 2.37. The molecule has 3 saturated heterocycles. The van der Waals surface area contributed by atoms with E-state index < -0.39 is 5.82 Å². The second-order valence-corrected chi connectivity index (χ2v) is 10.7. The third kappa shape index (κ3) is 4.44. The van der Waals surface area contributed by atoms with Crippen LogP contribution in [0.4, 0.5) is 10.2 Å². The lowest BCUT2D eigenvalue weighted by atomic mass is 9.87. The maximum Gasteiger partial charge on any atom is 0.157 e. The molecule has 204 valence electrons. The van der Waals surface area contributed by atoms with Gasteiger partial charge in [0.1, 0.15) is 11.5 Å². The second kappa shape index (κ2) is 9.94. The van der Waals surface area contributed by atoms with Gasteiger partial charge in [0.05, 0.1) is 24.5 Å². The molecule has 10 heteroatoms. The van der Waals surface area contributed by atoms with Crippen molar-refractivity contribution in [3.05, 3.63) is 84.1 Å². The Morgan fingerprint density at radius 1 is 1.02 bits per heavy atom. The van der Waals surface area contributed by atoms with Crippen LogP contribution in [0.25, 0.3) is 27.8 Å². The lowest BCUT2D eigenvalue weighted by molar-refractivity contribution is -0.00882. The Kier molecular flexibility index (Phi) is 6.09. The van der Waals surface area contributed by atoms with Crippen LogP contribution in [0.2, 0.25) is 0 Å². The summed E-state index contributed by atoms with van der Waals surface area (Å²) in [5.74, 6) is 2.80. The summed E-state index contributed by atoms with van der Waals surface area (Å²) in [4.78, 5) is 17.8. The van der Waals surface area contributed by atoms with Crippen molar-refractivity contribution < 1.29 is 4.39 Å². The average Bonchev–Trinajstić information content (AvgIpc) is 3.62. The standard InChI is InChI=1S/C31H28FN9/c1-4-29-28(32)7-20(10-34-29)15-40-25-9-26(40)19-39(18-25)30-6-5-21(12-35-30)27-8-22(24-14-36-38(3)16-24)17-41-31(27)23(11-33-2)13-37-41/h1,5-8,10,12-14,16-17,25-26H,2,9,11,15,18-19H2,3H3. The summed E-state index contributed by atoms with van der Waals surface area (Å²) in [7, 11) is 1.91. The van der Waals surface area contributed by atoms with E-state index in [4.69, 9.17) is 11.4 Å². The van der Waals surface area contributed by atoms with Gasteiger partial charge in [-0.15, -0.1) is 6.42 Å². The fourth-order valence-electron chi connectivity index (χ4n) is 6.12. The summed E-state index contributed by atoms with van der Waals surface area (Å²) in [6.45, 7) is 6.58.